The largest absolute Gasteiger partial charge is 0.368 e. The second kappa shape index (κ2) is 6.45. The van der Waals surface area contributed by atoms with Crippen molar-refractivity contribution in [2.75, 3.05) is 18.0 Å². The molecular formula is C24H24N4O. The van der Waals surface area contributed by atoms with E-state index in [0.717, 1.165) is 61.2 Å². The Morgan fingerprint density at radius 3 is 2.34 bits per heavy atom. The third-order valence-electron chi connectivity index (χ3n) is 6.86. The van der Waals surface area contributed by atoms with Gasteiger partial charge in [0.15, 0.2) is 0 Å². The first-order chi connectivity index (χ1) is 14.0. The van der Waals surface area contributed by atoms with E-state index in [1.54, 1.807) is 11.6 Å². The van der Waals surface area contributed by atoms with Crippen LogP contribution in [0, 0.1) is 23.7 Å². The first kappa shape index (κ1) is 17.9. The van der Waals surface area contributed by atoms with Crippen LogP contribution >= 0.6 is 0 Å². The summed E-state index contributed by atoms with van der Waals surface area (Å²) < 4.78 is 1.54. The van der Waals surface area contributed by atoms with Crippen LogP contribution in [0.2, 0.25) is 0 Å². The van der Waals surface area contributed by atoms with E-state index in [0.29, 0.717) is 5.41 Å². The van der Waals surface area contributed by atoms with Crippen LogP contribution < -0.4 is 10.5 Å². The molecule has 5 heteroatoms. The fourth-order valence-electron chi connectivity index (χ4n) is 5.23. The van der Waals surface area contributed by atoms with Crippen molar-refractivity contribution in [2.24, 2.45) is 12.5 Å². The van der Waals surface area contributed by atoms with Gasteiger partial charge in [0.1, 0.15) is 17.1 Å². The maximum absolute atomic E-state index is 12.8. The summed E-state index contributed by atoms with van der Waals surface area (Å²) >= 11 is 0. The maximum atomic E-state index is 12.8. The molecule has 1 spiro atoms. The van der Waals surface area contributed by atoms with Crippen molar-refractivity contribution >= 4 is 16.7 Å². The number of fused-ring (bicyclic) bond motifs is 2. The zero-order valence-corrected chi connectivity index (χ0v) is 16.9. The molecule has 0 amide bonds. The SMILES string of the molecule is Cc1ccc2c(n1)c(N1CCC3(CC1)Cc1ccccc1C3)c(C#N)c(=O)n2C. The quantitative estimate of drug-likeness (QED) is 0.644. The molecule has 0 atom stereocenters. The van der Waals surface area contributed by atoms with Crippen LogP contribution in [0.25, 0.3) is 11.0 Å². The van der Waals surface area contributed by atoms with E-state index < -0.39 is 0 Å². The van der Waals surface area contributed by atoms with Crippen LogP contribution in [0.3, 0.4) is 0 Å². The minimum atomic E-state index is -0.241. The van der Waals surface area contributed by atoms with Crippen LogP contribution in [0.1, 0.15) is 35.2 Å². The molecule has 1 saturated heterocycles. The van der Waals surface area contributed by atoms with Gasteiger partial charge in [0.2, 0.25) is 0 Å². The van der Waals surface area contributed by atoms with Crippen molar-refractivity contribution in [3.05, 3.63) is 69.1 Å². The van der Waals surface area contributed by atoms with Crippen molar-refractivity contribution in [1.29, 1.82) is 5.26 Å². The van der Waals surface area contributed by atoms with Gasteiger partial charge in [0.25, 0.3) is 5.56 Å². The van der Waals surface area contributed by atoms with Gasteiger partial charge in [-0.1, -0.05) is 24.3 Å². The van der Waals surface area contributed by atoms with E-state index in [1.807, 2.05) is 19.1 Å². The fourth-order valence-corrected chi connectivity index (χ4v) is 5.23. The van der Waals surface area contributed by atoms with Gasteiger partial charge in [-0.15, -0.1) is 0 Å². The molecule has 2 aromatic heterocycles. The lowest BCUT2D eigenvalue weighted by atomic mass is 9.76. The van der Waals surface area contributed by atoms with Gasteiger partial charge in [0.05, 0.1) is 11.2 Å². The Morgan fingerprint density at radius 2 is 1.72 bits per heavy atom. The standard InChI is InChI=1S/C24H24N4O/c1-16-7-8-20-21(26-16)22(19(15-25)23(29)27(20)2)28-11-9-24(10-12-28)13-17-5-3-4-6-18(17)14-24/h3-8H,9-14H2,1-2H3. The van der Waals surface area contributed by atoms with Crippen molar-refractivity contribution in [2.45, 2.75) is 32.6 Å². The van der Waals surface area contributed by atoms with E-state index in [9.17, 15) is 10.1 Å². The number of aromatic nitrogens is 2. The topological polar surface area (TPSA) is 61.9 Å². The van der Waals surface area contributed by atoms with Crippen LogP contribution in [0.4, 0.5) is 5.69 Å². The number of aryl methyl sites for hydroxylation is 2. The second-order valence-corrected chi connectivity index (χ2v) is 8.63. The highest BCUT2D eigenvalue weighted by Gasteiger charge is 2.40. The Hall–Kier alpha value is -3.13. The zero-order valence-electron chi connectivity index (χ0n) is 16.9. The summed E-state index contributed by atoms with van der Waals surface area (Å²) in [5.74, 6) is 0. The Bertz CT molecular complexity index is 1200. The summed E-state index contributed by atoms with van der Waals surface area (Å²) in [5.41, 5.74) is 6.40. The first-order valence-electron chi connectivity index (χ1n) is 10.2. The number of benzene rings is 1. The van der Waals surface area contributed by atoms with Gasteiger partial charge in [-0.05, 0) is 61.3 Å². The lowest BCUT2D eigenvalue weighted by Gasteiger charge is -2.41. The van der Waals surface area contributed by atoms with Gasteiger partial charge in [-0.2, -0.15) is 5.26 Å². The lowest BCUT2D eigenvalue weighted by Crippen LogP contribution is -2.42. The van der Waals surface area contributed by atoms with Gasteiger partial charge >= 0.3 is 0 Å². The molecule has 146 valence electrons. The van der Waals surface area contributed by atoms with E-state index in [4.69, 9.17) is 4.98 Å². The van der Waals surface area contributed by atoms with Crippen LogP contribution in [0.15, 0.2) is 41.2 Å². The third-order valence-corrected chi connectivity index (χ3v) is 6.86. The Labute approximate surface area is 170 Å². The number of piperidine rings is 1. The highest BCUT2D eigenvalue weighted by molar-refractivity contribution is 5.91. The molecule has 0 unspecified atom stereocenters. The fraction of sp³-hybridized carbons (Fsp3) is 0.375. The minimum Gasteiger partial charge on any atom is -0.368 e. The Morgan fingerprint density at radius 1 is 1.07 bits per heavy atom. The summed E-state index contributed by atoms with van der Waals surface area (Å²) in [7, 11) is 1.72. The average molecular weight is 384 g/mol. The predicted molar refractivity (Wildman–Crippen MR) is 114 cm³/mol. The summed E-state index contributed by atoms with van der Waals surface area (Å²) in [4.78, 5) is 19.8. The molecule has 3 aromatic rings. The smallest absolute Gasteiger partial charge is 0.270 e. The molecule has 5 rings (SSSR count). The predicted octanol–water partition coefficient (Wildman–Crippen LogP) is 3.50. The molecular weight excluding hydrogens is 360 g/mol. The maximum Gasteiger partial charge on any atom is 0.270 e. The molecule has 3 heterocycles. The third kappa shape index (κ3) is 2.74. The molecule has 0 saturated carbocycles. The van der Waals surface area contributed by atoms with Gasteiger partial charge < -0.3 is 9.47 Å². The molecule has 1 aromatic carbocycles. The van der Waals surface area contributed by atoms with Crippen LogP contribution in [0.5, 0.6) is 0 Å². The van der Waals surface area contributed by atoms with Crippen molar-refractivity contribution in [1.82, 2.24) is 9.55 Å². The second-order valence-electron chi connectivity index (χ2n) is 8.63. The lowest BCUT2D eigenvalue weighted by molar-refractivity contribution is 0.233. The zero-order chi connectivity index (χ0) is 20.2. The van der Waals surface area contributed by atoms with E-state index in [1.165, 1.54) is 11.1 Å². The molecule has 1 aliphatic carbocycles. The van der Waals surface area contributed by atoms with Crippen molar-refractivity contribution < 1.29 is 0 Å². The Balaban J connectivity index is 1.53. The number of rotatable bonds is 1. The number of nitrogens with zero attached hydrogens (tertiary/aromatic N) is 4. The summed E-state index contributed by atoms with van der Waals surface area (Å²) in [6, 6.07) is 14.8. The van der Waals surface area contributed by atoms with Crippen LogP contribution in [-0.4, -0.2) is 22.6 Å². The normalized spacial score (nSPS) is 17.5. The van der Waals surface area contributed by atoms with E-state index in [-0.39, 0.29) is 11.1 Å². The highest BCUT2D eigenvalue weighted by atomic mass is 16.1. The van der Waals surface area contributed by atoms with Crippen LogP contribution in [-0.2, 0) is 19.9 Å². The molecule has 29 heavy (non-hydrogen) atoms. The average Bonchev–Trinajstić information content (AvgIpc) is 3.09. The monoisotopic (exact) mass is 384 g/mol. The van der Waals surface area contributed by atoms with Crippen molar-refractivity contribution in [3.8, 4) is 6.07 Å². The van der Waals surface area contributed by atoms with Gasteiger partial charge in [0, 0.05) is 25.8 Å². The summed E-state index contributed by atoms with van der Waals surface area (Å²) in [5, 5.41) is 9.79. The van der Waals surface area contributed by atoms with Gasteiger partial charge in [-0.3, -0.25) is 4.79 Å². The highest BCUT2D eigenvalue weighted by Crippen LogP contribution is 2.45. The minimum absolute atomic E-state index is 0.212. The number of nitriles is 1. The molecule has 0 bridgehead atoms. The molecule has 1 fully saturated rings. The summed E-state index contributed by atoms with van der Waals surface area (Å²) in [6.45, 7) is 3.64. The number of anilines is 1. The molecule has 0 radical (unpaired) electrons. The van der Waals surface area contributed by atoms with E-state index in [2.05, 4.69) is 35.2 Å². The van der Waals surface area contributed by atoms with E-state index >= 15 is 0 Å². The number of hydrogen-bond donors (Lipinski definition) is 0. The van der Waals surface area contributed by atoms with Crippen molar-refractivity contribution in [3.63, 3.8) is 0 Å². The Kier molecular flexibility index (Phi) is 3.99. The number of hydrogen-bond acceptors (Lipinski definition) is 4. The number of pyridine rings is 2. The molecule has 2 aliphatic rings. The molecule has 1 aliphatic heterocycles. The van der Waals surface area contributed by atoms with Gasteiger partial charge in [-0.25, -0.2) is 4.98 Å². The molecule has 0 N–H and O–H groups in total. The molecule has 5 nitrogen and oxygen atoms in total. The summed E-state index contributed by atoms with van der Waals surface area (Å²) in [6.07, 6.45) is 4.40. The first-order valence-corrected chi connectivity index (χ1v) is 10.2.